The van der Waals surface area contributed by atoms with Gasteiger partial charge in [0, 0.05) is 10.4 Å². The van der Waals surface area contributed by atoms with Crippen LogP contribution in [-0.2, 0) is 6.42 Å². The van der Waals surface area contributed by atoms with Crippen LogP contribution in [0.1, 0.15) is 32.8 Å². The molecular weight excluding hydrogens is 292 g/mol. The van der Waals surface area contributed by atoms with Gasteiger partial charge in [0.1, 0.15) is 11.5 Å². The molecule has 0 saturated heterocycles. The van der Waals surface area contributed by atoms with Crippen molar-refractivity contribution in [2.75, 3.05) is 14.2 Å². The maximum absolute atomic E-state index is 5.41. The van der Waals surface area contributed by atoms with Gasteiger partial charge in [-0.05, 0) is 30.4 Å². The van der Waals surface area contributed by atoms with E-state index in [-0.39, 0.29) is 5.41 Å². The van der Waals surface area contributed by atoms with Crippen molar-refractivity contribution in [2.45, 2.75) is 38.4 Å². The summed E-state index contributed by atoms with van der Waals surface area (Å²) in [5, 5.41) is 0. The van der Waals surface area contributed by atoms with Gasteiger partial charge >= 0.3 is 0 Å². The molecule has 0 saturated carbocycles. The maximum Gasteiger partial charge on any atom is 0.125 e. The van der Waals surface area contributed by atoms with Crippen LogP contribution in [-0.4, -0.2) is 19.0 Å². The normalized spacial score (nSPS) is 13.2. The molecule has 1 atom stereocenters. The monoisotopic (exact) mass is 314 g/mol. The first-order chi connectivity index (χ1) is 8.40. The predicted molar refractivity (Wildman–Crippen MR) is 80.0 cm³/mol. The molecule has 0 fully saturated rings. The first-order valence-corrected chi connectivity index (χ1v) is 7.15. The molecule has 0 radical (unpaired) electrons. The minimum absolute atomic E-state index is 0.259. The second kappa shape index (κ2) is 6.46. The average molecular weight is 315 g/mol. The minimum atomic E-state index is 0.259. The molecular formula is C15H23BrO2. The van der Waals surface area contributed by atoms with E-state index in [0.29, 0.717) is 4.83 Å². The molecule has 0 aliphatic carbocycles. The Balaban J connectivity index is 2.83. The third-order valence-corrected chi connectivity index (χ3v) is 4.95. The quantitative estimate of drug-likeness (QED) is 0.748. The van der Waals surface area contributed by atoms with Gasteiger partial charge in [0.25, 0.3) is 0 Å². The lowest BCUT2D eigenvalue weighted by molar-refractivity contribution is 0.368. The van der Waals surface area contributed by atoms with E-state index in [1.54, 1.807) is 14.2 Å². The molecule has 1 aromatic rings. The number of rotatable bonds is 5. The van der Waals surface area contributed by atoms with Crippen LogP contribution in [0.4, 0.5) is 0 Å². The van der Waals surface area contributed by atoms with Gasteiger partial charge in [-0.2, -0.15) is 0 Å². The second-order valence-corrected chi connectivity index (χ2v) is 6.62. The lowest BCUT2D eigenvalue weighted by atomic mass is 9.88. The number of hydrogen-bond acceptors (Lipinski definition) is 2. The van der Waals surface area contributed by atoms with Crippen LogP contribution >= 0.6 is 15.9 Å². The van der Waals surface area contributed by atoms with Gasteiger partial charge in [-0.25, -0.2) is 0 Å². The van der Waals surface area contributed by atoms with E-state index in [1.807, 2.05) is 18.2 Å². The fourth-order valence-electron chi connectivity index (χ4n) is 1.88. The summed E-state index contributed by atoms with van der Waals surface area (Å²) < 4.78 is 10.8. The standard InChI is InChI=1S/C15H23BrO2/c1-15(2,3)14(16)10-9-11-12(17-4)7-6-8-13(11)18-5/h6-8,14H,9-10H2,1-5H3. The molecule has 0 amide bonds. The van der Waals surface area contributed by atoms with Crippen LogP contribution in [0, 0.1) is 5.41 Å². The van der Waals surface area contributed by atoms with Crippen LogP contribution < -0.4 is 9.47 Å². The fourth-order valence-corrected chi connectivity index (χ4v) is 2.11. The molecule has 0 aromatic heterocycles. The average Bonchev–Trinajstić information content (AvgIpc) is 2.34. The summed E-state index contributed by atoms with van der Waals surface area (Å²) in [6.07, 6.45) is 2.00. The zero-order valence-electron chi connectivity index (χ0n) is 11.9. The van der Waals surface area contributed by atoms with Crippen molar-refractivity contribution in [1.29, 1.82) is 0 Å². The predicted octanol–water partition coefficient (Wildman–Crippen LogP) is 4.45. The van der Waals surface area contributed by atoms with Gasteiger partial charge in [-0.15, -0.1) is 0 Å². The summed E-state index contributed by atoms with van der Waals surface area (Å²) in [5.74, 6) is 1.81. The highest BCUT2D eigenvalue weighted by Crippen LogP contribution is 2.34. The molecule has 3 heteroatoms. The van der Waals surface area contributed by atoms with E-state index in [1.165, 1.54) is 0 Å². The van der Waals surface area contributed by atoms with Gasteiger partial charge in [-0.1, -0.05) is 42.8 Å². The van der Waals surface area contributed by atoms with Crippen molar-refractivity contribution in [2.24, 2.45) is 5.41 Å². The van der Waals surface area contributed by atoms with E-state index < -0.39 is 0 Å². The number of ether oxygens (including phenoxy) is 2. The zero-order chi connectivity index (χ0) is 13.8. The van der Waals surface area contributed by atoms with E-state index in [9.17, 15) is 0 Å². The summed E-state index contributed by atoms with van der Waals surface area (Å²) in [6.45, 7) is 6.73. The first kappa shape index (κ1) is 15.4. The Morgan fingerprint density at radius 3 is 2.00 bits per heavy atom. The van der Waals surface area contributed by atoms with Gasteiger partial charge in [0.15, 0.2) is 0 Å². The van der Waals surface area contributed by atoms with E-state index in [4.69, 9.17) is 9.47 Å². The smallest absolute Gasteiger partial charge is 0.125 e. The molecule has 2 nitrogen and oxygen atoms in total. The van der Waals surface area contributed by atoms with Crippen LogP contribution in [0.5, 0.6) is 11.5 Å². The number of methoxy groups -OCH3 is 2. The minimum Gasteiger partial charge on any atom is -0.496 e. The Bertz CT molecular complexity index is 360. The third kappa shape index (κ3) is 3.91. The van der Waals surface area contributed by atoms with E-state index in [2.05, 4.69) is 36.7 Å². The first-order valence-electron chi connectivity index (χ1n) is 6.24. The highest BCUT2D eigenvalue weighted by atomic mass is 79.9. The molecule has 0 N–H and O–H groups in total. The Labute approximate surface area is 119 Å². The lowest BCUT2D eigenvalue weighted by Gasteiger charge is -2.26. The third-order valence-electron chi connectivity index (χ3n) is 3.12. The second-order valence-electron chi connectivity index (χ2n) is 5.51. The maximum atomic E-state index is 5.41. The molecule has 0 bridgehead atoms. The van der Waals surface area contributed by atoms with Crippen molar-refractivity contribution < 1.29 is 9.47 Å². The number of alkyl halides is 1. The van der Waals surface area contributed by atoms with E-state index in [0.717, 1.165) is 29.9 Å². The summed E-state index contributed by atoms with van der Waals surface area (Å²) in [6, 6.07) is 5.92. The Kier molecular flexibility index (Phi) is 5.51. The van der Waals surface area contributed by atoms with Crippen molar-refractivity contribution in [1.82, 2.24) is 0 Å². The SMILES string of the molecule is COc1cccc(OC)c1CCC(Br)C(C)(C)C. The van der Waals surface area contributed by atoms with Crippen LogP contribution in [0.2, 0.25) is 0 Å². The van der Waals surface area contributed by atoms with Crippen molar-refractivity contribution in [3.8, 4) is 11.5 Å². The molecule has 18 heavy (non-hydrogen) atoms. The zero-order valence-corrected chi connectivity index (χ0v) is 13.5. The number of hydrogen-bond donors (Lipinski definition) is 0. The summed E-state index contributed by atoms with van der Waals surface area (Å²) >= 11 is 3.77. The highest BCUT2D eigenvalue weighted by molar-refractivity contribution is 9.09. The molecule has 0 spiro atoms. The van der Waals surface area contributed by atoms with Crippen LogP contribution in [0.3, 0.4) is 0 Å². The highest BCUT2D eigenvalue weighted by Gasteiger charge is 2.22. The lowest BCUT2D eigenvalue weighted by Crippen LogP contribution is -2.20. The summed E-state index contributed by atoms with van der Waals surface area (Å²) in [4.78, 5) is 0.472. The van der Waals surface area contributed by atoms with Crippen molar-refractivity contribution >= 4 is 15.9 Å². The summed E-state index contributed by atoms with van der Waals surface area (Å²) in [5.41, 5.74) is 1.41. The van der Waals surface area contributed by atoms with Gasteiger partial charge in [0.05, 0.1) is 14.2 Å². The van der Waals surface area contributed by atoms with Gasteiger partial charge in [-0.3, -0.25) is 0 Å². The number of benzene rings is 1. The Morgan fingerprint density at radius 2 is 1.61 bits per heavy atom. The number of halogens is 1. The van der Waals surface area contributed by atoms with Crippen molar-refractivity contribution in [3.05, 3.63) is 23.8 Å². The fraction of sp³-hybridized carbons (Fsp3) is 0.600. The largest absolute Gasteiger partial charge is 0.496 e. The molecule has 1 rings (SSSR count). The molecule has 0 aliphatic heterocycles. The van der Waals surface area contributed by atoms with Crippen molar-refractivity contribution in [3.63, 3.8) is 0 Å². The molecule has 102 valence electrons. The Morgan fingerprint density at radius 1 is 1.11 bits per heavy atom. The Hall–Kier alpha value is -0.700. The van der Waals surface area contributed by atoms with Crippen LogP contribution in [0.25, 0.3) is 0 Å². The molecule has 1 unspecified atom stereocenters. The molecule has 0 aliphatic rings. The van der Waals surface area contributed by atoms with Gasteiger partial charge < -0.3 is 9.47 Å². The van der Waals surface area contributed by atoms with Crippen LogP contribution in [0.15, 0.2) is 18.2 Å². The van der Waals surface area contributed by atoms with E-state index >= 15 is 0 Å². The molecule has 1 aromatic carbocycles. The summed E-state index contributed by atoms with van der Waals surface area (Å²) in [7, 11) is 3.40. The topological polar surface area (TPSA) is 18.5 Å². The molecule has 0 heterocycles. The van der Waals surface area contributed by atoms with Gasteiger partial charge in [0.2, 0.25) is 0 Å².